The molecule has 0 aromatic heterocycles. The van der Waals surface area contributed by atoms with Crippen LogP contribution in [-0.2, 0) is 11.8 Å². The number of likely N-dealkylation sites (tertiary alicyclic amines) is 1. The highest BCUT2D eigenvalue weighted by molar-refractivity contribution is 5.45. The number of hydrogen-bond acceptors (Lipinski definition) is 2. The minimum Gasteiger partial charge on any atom is -0.508 e. The summed E-state index contributed by atoms with van der Waals surface area (Å²) in [6.45, 7) is 6.20. The van der Waals surface area contributed by atoms with Gasteiger partial charge in [-0.1, -0.05) is 26.3 Å². The van der Waals surface area contributed by atoms with Gasteiger partial charge in [0.2, 0.25) is 0 Å². The van der Waals surface area contributed by atoms with Crippen LogP contribution in [0.25, 0.3) is 0 Å². The first-order valence-electron chi connectivity index (χ1n) is 8.49. The molecule has 1 saturated heterocycles. The first-order chi connectivity index (χ1) is 9.97. The second kappa shape index (κ2) is 4.25. The van der Waals surface area contributed by atoms with Crippen LogP contribution < -0.4 is 0 Å². The van der Waals surface area contributed by atoms with Crippen LogP contribution in [0.4, 0.5) is 0 Å². The Morgan fingerprint density at radius 1 is 1.24 bits per heavy atom. The number of benzene rings is 1. The summed E-state index contributed by atoms with van der Waals surface area (Å²) in [5, 5.41) is 10.0. The summed E-state index contributed by atoms with van der Waals surface area (Å²) in [6, 6.07) is 6.82. The Labute approximate surface area is 128 Å². The van der Waals surface area contributed by atoms with Crippen LogP contribution in [0.15, 0.2) is 18.2 Å². The molecule has 1 aromatic carbocycles. The minimum absolute atomic E-state index is 0.210. The van der Waals surface area contributed by atoms with Gasteiger partial charge in [-0.05, 0) is 73.9 Å². The second-order valence-electron chi connectivity index (χ2n) is 8.03. The molecule has 0 radical (unpaired) electrons. The van der Waals surface area contributed by atoms with Gasteiger partial charge in [0.25, 0.3) is 0 Å². The topological polar surface area (TPSA) is 23.5 Å². The molecule has 1 aliphatic heterocycles. The van der Waals surface area contributed by atoms with Crippen molar-refractivity contribution in [1.82, 2.24) is 4.90 Å². The smallest absolute Gasteiger partial charge is 0.115 e. The van der Waals surface area contributed by atoms with E-state index in [1.165, 1.54) is 49.8 Å². The first-order valence-corrected chi connectivity index (χ1v) is 8.49. The Balaban J connectivity index is 1.94. The maximum atomic E-state index is 10.0. The van der Waals surface area contributed by atoms with E-state index in [0.717, 1.165) is 5.92 Å². The highest BCUT2D eigenvalue weighted by Gasteiger charge is 2.61. The van der Waals surface area contributed by atoms with E-state index in [9.17, 15) is 5.11 Å². The molecule has 3 aliphatic rings. The second-order valence-corrected chi connectivity index (χ2v) is 8.03. The normalized spacial score (nSPS) is 42.2. The summed E-state index contributed by atoms with van der Waals surface area (Å²) in [5.41, 5.74) is 3.48. The molecule has 1 aromatic rings. The molecule has 2 heteroatoms. The predicted molar refractivity (Wildman–Crippen MR) is 85.6 cm³/mol. The van der Waals surface area contributed by atoms with Crippen LogP contribution in [0.3, 0.4) is 0 Å². The maximum Gasteiger partial charge on any atom is 0.115 e. The largest absolute Gasteiger partial charge is 0.508 e. The van der Waals surface area contributed by atoms with E-state index in [2.05, 4.69) is 37.9 Å². The van der Waals surface area contributed by atoms with Gasteiger partial charge in [0.15, 0.2) is 0 Å². The van der Waals surface area contributed by atoms with Crippen molar-refractivity contribution in [2.75, 3.05) is 13.6 Å². The number of phenols is 1. The molecule has 1 N–H and O–H groups in total. The number of aromatic hydroxyl groups is 1. The number of phenolic OH excluding ortho intramolecular Hbond substituents is 1. The SMILES string of the molecule is CN1CC[C@]2(C)c3cc(O)ccc3CC3CCCC1[C@]32C. The molecular weight excluding hydrogens is 258 g/mol. The van der Waals surface area contributed by atoms with E-state index in [1.807, 2.05) is 6.07 Å². The van der Waals surface area contributed by atoms with E-state index in [4.69, 9.17) is 0 Å². The molecule has 2 unspecified atom stereocenters. The molecule has 1 heterocycles. The van der Waals surface area contributed by atoms with Gasteiger partial charge in [0.05, 0.1) is 0 Å². The zero-order valence-corrected chi connectivity index (χ0v) is 13.5. The fourth-order valence-electron chi connectivity index (χ4n) is 6.01. The summed E-state index contributed by atoms with van der Waals surface area (Å²) < 4.78 is 0. The van der Waals surface area contributed by atoms with Gasteiger partial charge < -0.3 is 10.0 Å². The molecule has 114 valence electrons. The number of fused-ring (bicyclic) bond motifs is 2. The maximum absolute atomic E-state index is 10.0. The lowest BCUT2D eigenvalue weighted by molar-refractivity contribution is -0.102. The highest BCUT2D eigenvalue weighted by Crippen LogP contribution is 2.63. The van der Waals surface area contributed by atoms with E-state index < -0.39 is 0 Å². The van der Waals surface area contributed by atoms with Gasteiger partial charge in [-0.25, -0.2) is 0 Å². The van der Waals surface area contributed by atoms with Crippen LogP contribution in [0, 0.1) is 11.3 Å². The Morgan fingerprint density at radius 3 is 2.86 bits per heavy atom. The molecule has 4 rings (SSSR count). The van der Waals surface area contributed by atoms with E-state index >= 15 is 0 Å². The number of rotatable bonds is 0. The Morgan fingerprint density at radius 2 is 2.05 bits per heavy atom. The summed E-state index contributed by atoms with van der Waals surface area (Å²) in [6.07, 6.45) is 6.50. The van der Waals surface area contributed by atoms with Crippen molar-refractivity contribution in [3.8, 4) is 5.75 Å². The molecule has 21 heavy (non-hydrogen) atoms. The lowest BCUT2D eigenvalue weighted by Crippen LogP contribution is -2.66. The molecule has 2 fully saturated rings. The molecule has 0 amide bonds. The molecule has 0 spiro atoms. The third kappa shape index (κ3) is 1.57. The van der Waals surface area contributed by atoms with Crippen molar-refractivity contribution < 1.29 is 5.11 Å². The minimum atomic E-state index is 0.210. The molecule has 1 saturated carbocycles. The van der Waals surface area contributed by atoms with Crippen LogP contribution in [-0.4, -0.2) is 29.6 Å². The highest BCUT2D eigenvalue weighted by atomic mass is 16.3. The van der Waals surface area contributed by atoms with Gasteiger partial charge in [-0.2, -0.15) is 0 Å². The van der Waals surface area contributed by atoms with Crippen molar-refractivity contribution >= 4 is 0 Å². The molecule has 0 bridgehead atoms. The first kappa shape index (κ1) is 13.6. The van der Waals surface area contributed by atoms with Crippen molar-refractivity contribution in [2.45, 2.75) is 57.4 Å². The van der Waals surface area contributed by atoms with E-state index in [-0.39, 0.29) is 5.41 Å². The van der Waals surface area contributed by atoms with E-state index in [0.29, 0.717) is 17.2 Å². The number of piperidine rings is 1. The predicted octanol–water partition coefficient (Wildman–Crippen LogP) is 3.72. The fraction of sp³-hybridized carbons (Fsp3) is 0.684. The van der Waals surface area contributed by atoms with Crippen LogP contribution >= 0.6 is 0 Å². The van der Waals surface area contributed by atoms with Crippen molar-refractivity contribution in [3.63, 3.8) is 0 Å². The molecular formula is C19H27NO. The number of hydrogen-bond donors (Lipinski definition) is 1. The van der Waals surface area contributed by atoms with Crippen LogP contribution in [0.5, 0.6) is 5.75 Å². The van der Waals surface area contributed by atoms with Gasteiger partial charge in [-0.3, -0.25) is 0 Å². The average molecular weight is 285 g/mol. The zero-order chi connectivity index (χ0) is 14.8. The summed E-state index contributed by atoms with van der Waals surface area (Å²) in [7, 11) is 2.32. The lowest BCUT2D eigenvalue weighted by atomic mass is 9.43. The average Bonchev–Trinajstić information content (AvgIpc) is 2.46. The third-order valence-electron chi connectivity index (χ3n) is 7.41. The summed E-state index contributed by atoms with van der Waals surface area (Å²) in [5.74, 6) is 1.23. The van der Waals surface area contributed by atoms with Crippen LogP contribution in [0.2, 0.25) is 0 Å². The summed E-state index contributed by atoms with van der Waals surface area (Å²) >= 11 is 0. The van der Waals surface area contributed by atoms with E-state index in [1.54, 1.807) is 0 Å². The van der Waals surface area contributed by atoms with Crippen LogP contribution in [0.1, 0.15) is 50.7 Å². The Bertz CT molecular complexity index is 583. The Kier molecular flexibility index (Phi) is 2.76. The van der Waals surface area contributed by atoms with Crippen molar-refractivity contribution in [1.29, 1.82) is 0 Å². The quantitative estimate of drug-likeness (QED) is 0.785. The van der Waals surface area contributed by atoms with Gasteiger partial charge in [0, 0.05) is 11.5 Å². The zero-order valence-electron chi connectivity index (χ0n) is 13.5. The number of nitrogens with zero attached hydrogens (tertiary/aromatic N) is 1. The molecule has 2 aliphatic carbocycles. The van der Waals surface area contributed by atoms with Gasteiger partial charge in [0.1, 0.15) is 5.75 Å². The Hall–Kier alpha value is -1.02. The fourth-order valence-corrected chi connectivity index (χ4v) is 6.01. The third-order valence-corrected chi connectivity index (χ3v) is 7.41. The van der Waals surface area contributed by atoms with Gasteiger partial charge in [-0.15, -0.1) is 0 Å². The van der Waals surface area contributed by atoms with Crippen molar-refractivity contribution in [3.05, 3.63) is 29.3 Å². The lowest BCUT2D eigenvalue weighted by Gasteiger charge is -2.66. The summed E-state index contributed by atoms with van der Waals surface area (Å²) in [4.78, 5) is 2.61. The molecule has 4 atom stereocenters. The standard InChI is InChI=1S/C19H27NO/c1-18-9-10-20(3)17-6-4-5-14(19(17,18)2)11-13-7-8-15(21)12-16(13)18/h7-8,12,14,17,21H,4-6,9-11H2,1-3H3/t14?,17?,18-,19+/m1/s1. The monoisotopic (exact) mass is 285 g/mol. The van der Waals surface area contributed by atoms with Gasteiger partial charge >= 0.3 is 0 Å². The van der Waals surface area contributed by atoms with Crippen molar-refractivity contribution in [2.24, 2.45) is 11.3 Å². The molecule has 2 nitrogen and oxygen atoms in total.